The summed E-state index contributed by atoms with van der Waals surface area (Å²) in [5.41, 5.74) is 3.71. The van der Waals surface area contributed by atoms with Gasteiger partial charge in [-0.3, -0.25) is 4.79 Å². The molecule has 26 heavy (non-hydrogen) atoms. The van der Waals surface area contributed by atoms with Gasteiger partial charge in [-0.05, 0) is 44.0 Å². The zero-order chi connectivity index (χ0) is 18.6. The van der Waals surface area contributed by atoms with E-state index < -0.39 is 9.84 Å². The first-order valence-electron chi connectivity index (χ1n) is 8.21. The number of Topliss-reactive ketones (excluding diaryl/α,β-unsaturated/α-hetero) is 1. The van der Waals surface area contributed by atoms with E-state index in [1.165, 1.54) is 4.68 Å². The molecule has 1 aromatic heterocycles. The predicted molar refractivity (Wildman–Crippen MR) is 95.5 cm³/mol. The minimum atomic E-state index is -3.89. The molecule has 2 aromatic carbocycles. The molecule has 0 bridgehead atoms. The van der Waals surface area contributed by atoms with E-state index in [4.69, 9.17) is 0 Å². The number of carbonyl (C=O) groups is 1. The Balaban J connectivity index is 1.96. The summed E-state index contributed by atoms with van der Waals surface area (Å²) in [6.07, 6.45) is -0.0392. The van der Waals surface area contributed by atoms with E-state index in [0.717, 1.165) is 5.56 Å². The van der Waals surface area contributed by atoms with Crippen molar-refractivity contribution >= 4 is 15.6 Å². The van der Waals surface area contributed by atoms with E-state index in [2.05, 4.69) is 10.3 Å². The number of fused-ring (bicyclic) bond motifs is 3. The zero-order valence-corrected chi connectivity index (χ0v) is 15.5. The van der Waals surface area contributed by atoms with Gasteiger partial charge in [0.25, 0.3) is 0 Å². The fourth-order valence-corrected chi connectivity index (χ4v) is 5.44. The second kappa shape index (κ2) is 5.60. The Morgan fingerprint density at radius 2 is 1.69 bits per heavy atom. The summed E-state index contributed by atoms with van der Waals surface area (Å²) >= 11 is 0. The van der Waals surface area contributed by atoms with Gasteiger partial charge in [-0.25, -0.2) is 13.1 Å². The first-order chi connectivity index (χ1) is 12.3. The van der Waals surface area contributed by atoms with Crippen LogP contribution < -0.4 is 0 Å². The molecule has 1 aliphatic rings. The van der Waals surface area contributed by atoms with Gasteiger partial charge in [-0.2, -0.15) is 0 Å². The predicted octanol–water partition coefficient (Wildman–Crippen LogP) is 2.76. The smallest absolute Gasteiger partial charge is 0.228 e. The number of ketones is 1. The van der Waals surface area contributed by atoms with Crippen molar-refractivity contribution < 1.29 is 13.2 Å². The van der Waals surface area contributed by atoms with Crippen molar-refractivity contribution in [1.82, 2.24) is 15.0 Å². The largest absolute Gasteiger partial charge is 0.294 e. The van der Waals surface area contributed by atoms with Crippen LogP contribution in [0, 0.1) is 20.8 Å². The first-order valence-corrected chi connectivity index (χ1v) is 9.69. The van der Waals surface area contributed by atoms with Crippen LogP contribution in [0.2, 0.25) is 0 Å². The maximum atomic E-state index is 13.3. The number of nitrogens with zero attached hydrogens (tertiary/aromatic N) is 3. The summed E-state index contributed by atoms with van der Waals surface area (Å²) in [5.74, 6) is -0.135. The van der Waals surface area contributed by atoms with Gasteiger partial charge in [-0.15, -0.1) is 5.10 Å². The van der Waals surface area contributed by atoms with Gasteiger partial charge in [0.05, 0.1) is 22.7 Å². The highest BCUT2D eigenvalue weighted by molar-refractivity contribution is 7.91. The fourth-order valence-electron chi connectivity index (χ4n) is 3.67. The summed E-state index contributed by atoms with van der Waals surface area (Å²) in [6, 6.07) is 10.7. The van der Waals surface area contributed by atoms with E-state index in [1.54, 1.807) is 38.1 Å². The van der Waals surface area contributed by atoms with Gasteiger partial charge in [0.2, 0.25) is 14.9 Å². The van der Waals surface area contributed by atoms with Gasteiger partial charge < -0.3 is 0 Å². The molecular formula is C19H17N3O3S. The molecule has 0 aliphatic carbocycles. The lowest BCUT2D eigenvalue weighted by atomic mass is 10.0. The molecule has 0 saturated carbocycles. The quantitative estimate of drug-likeness (QED) is 0.696. The van der Waals surface area contributed by atoms with Gasteiger partial charge in [0.15, 0.2) is 5.78 Å². The van der Waals surface area contributed by atoms with Crippen molar-refractivity contribution in [3.05, 3.63) is 64.3 Å². The number of hydrogen-bond donors (Lipinski definition) is 0. The Kier molecular flexibility index (Phi) is 3.59. The number of rotatable bonds is 2. The molecule has 0 unspecified atom stereocenters. The maximum absolute atomic E-state index is 13.3. The molecule has 3 aromatic rings. The monoisotopic (exact) mass is 367 g/mol. The summed E-state index contributed by atoms with van der Waals surface area (Å²) < 4.78 is 28.1. The SMILES string of the molecule is Cc1cc(C)c(S(=O)(=O)c2nnn3c2CC(=O)c2ccccc2-3)c(C)c1. The van der Waals surface area contributed by atoms with Crippen LogP contribution in [0.5, 0.6) is 0 Å². The number of aryl methyl sites for hydroxylation is 3. The van der Waals surface area contributed by atoms with Crippen molar-refractivity contribution in [3.63, 3.8) is 0 Å². The van der Waals surface area contributed by atoms with Crippen molar-refractivity contribution in [1.29, 1.82) is 0 Å². The van der Waals surface area contributed by atoms with Gasteiger partial charge in [0.1, 0.15) is 0 Å². The molecular weight excluding hydrogens is 350 g/mol. The van der Waals surface area contributed by atoms with Crippen molar-refractivity contribution in [2.75, 3.05) is 0 Å². The van der Waals surface area contributed by atoms with E-state index in [1.807, 2.05) is 19.1 Å². The molecule has 1 aliphatic heterocycles. The molecule has 0 fully saturated rings. The number of aromatic nitrogens is 3. The molecule has 0 saturated heterocycles. The summed E-state index contributed by atoms with van der Waals surface area (Å²) in [4.78, 5) is 12.7. The van der Waals surface area contributed by atoms with E-state index in [0.29, 0.717) is 28.1 Å². The molecule has 0 N–H and O–H groups in total. The van der Waals surface area contributed by atoms with Crippen molar-refractivity contribution in [2.24, 2.45) is 0 Å². The van der Waals surface area contributed by atoms with Crippen molar-refractivity contribution in [3.8, 4) is 5.69 Å². The highest BCUT2D eigenvalue weighted by atomic mass is 32.2. The number of carbonyl (C=O) groups excluding carboxylic acids is 1. The highest BCUT2D eigenvalue weighted by Crippen LogP contribution is 2.32. The number of benzene rings is 2. The zero-order valence-electron chi connectivity index (χ0n) is 14.6. The second-order valence-electron chi connectivity index (χ2n) is 6.60. The van der Waals surface area contributed by atoms with E-state index in [9.17, 15) is 13.2 Å². The van der Waals surface area contributed by atoms with Crippen LogP contribution in [0.15, 0.2) is 46.3 Å². The number of hydrogen-bond acceptors (Lipinski definition) is 5. The maximum Gasteiger partial charge on any atom is 0.228 e. The van der Waals surface area contributed by atoms with Gasteiger partial charge >= 0.3 is 0 Å². The fraction of sp³-hybridized carbons (Fsp3) is 0.211. The first kappa shape index (κ1) is 16.7. The van der Waals surface area contributed by atoms with Gasteiger partial charge in [0, 0.05) is 5.56 Å². The van der Waals surface area contributed by atoms with Crippen LogP contribution in [-0.4, -0.2) is 29.2 Å². The van der Waals surface area contributed by atoms with E-state index >= 15 is 0 Å². The van der Waals surface area contributed by atoms with Crippen LogP contribution in [-0.2, 0) is 16.3 Å². The summed E-state index contributed by atoms with van der Waals surface area (Å²) in [6.45, 7) is 5.46. The van der Waals surface area contributed by atoms with Crippen molar-refractivity contribution in [2.45, 2.75) is 37.1 Å². The summed E-state index contributed by atoms with van der Waals surface area (Å²) in [7, 11) is -3.89. The average Bonchev–Trinajstić information content (AvgIpc) is 2.98. The molecule has 6 nitrogen and oxygen atoms in total. The molecule has 0 spiro atoms. The molecule has 4 rings (SSSR count). The third-order valence-corrected chi connectivity index (χ3v) is 6.62. The third-order valence-electron chi connectivity index (χ3n) is 4.62. The Bertz CT molecular complexity index is 1150. The number of sulfone groups is 1. The Morgan fingerprint density at radius 1 is 1.04 bits per heavy atom. The highest BCUT2D eigenvalue weighted by Gasteiger charge is 2.34. The normalized spacial score (nSPS) is 13.4. The molecule has 7 heteroatoms. The second-order valence-corrected chi connectivity index (χ2v) is 8.40. The van der Waals surface area contributed by atoms with E-state index in [-0.39, 0.29) is 22.1 Å². The lowest BCUT2D eigenvalue weighted by Gasteiger charge is -2.17. The summed E-state index contributed by atoms with van der Waals surface area (Å²) in [5, 5.41) is 7.85. The lowest BCUT2D eigenvalue weighted by molar-refractivity contribution is 0.0986. The standard InChI is InChI=1S/C19H17N3O3S/c1-11-8-12(2)18(13(3)9-11)26(24,25)19-16-10-17(23)14-6-4-5-7-15(14)22(16)21-20-19/h4-9H,10H2,1-3H3. The molecule has 0 radical (unpaired) electrons. The topological polar surface area (TPSA) is 81.9 Å². The molecule has 0 amide bonds. The van der Waals surface area contributed by atoms with Crippen LogP contribution in [0.25, 0.3) is 5.69 Å². The Labute approximate surface area is 151 Å². The lowest BCUT2D eigenvalue weighted by Crippen LogP contribution is -2.21. The van der Waals surface area contributed by atoms with Crippen LogP contribution in [0.4, 0.5) is 0 Å². The van der Waals surface area contributed by atoms with Gasteiger partial charge in [-0.1, -0.05) is 35.0 Å². The molecule has 2 heterocycles. The number of para-hydroxylation sites is 1. The van der Waals surface area contributed by atoms with Crippen LogP contribution in [0.1, 0.15) is 32.7 Å². The average molecular weight is 367 g/mol. The molecule has 0 atom stereocenters. The van der Waals surface area contributed by atoms with Crippen LogP contribution >= 0.6 is 0 Å². The third kappa shape index (κ3) is 2.31. The Morgan fingerprint density at radius 3 is 2.38 bits per heavy atom. The minimum Gasteiger partial charge on any atom is -0.294 e. The molecule has 132 valence electrons. The Hall–Kier alpha value is -2.80. The van der Waals surface area contributed by atoms with Crippen LogP contribution in [0.3, 0.4) is 0 Å². The minimum absolute atomic E-state index is 0.0392.